The largest absolute Gasteiger partial charge is 2.00 e. The van der Waals surface area contributed by atoms with Gasteiger partial charge in [-0.2, -0.15) is 0 Å². The number of carboxylic acids is 4. The molecule has 10 nitrogen and oxygen atoms in total. The zero-order chi connectivity index (χ0) is 15.7. The second kappa shape index (κ2) is 14.0. The zero-order valence-electron chi connectivity index (χ0n) is 11.8. The first kappa shape index (κ1) is 26.2. The summed E-state index contributed by atoms with van der Waals surface area (Å²) in [7, 11) is 0. The van der Waals surface area contributed by atoms with E-state index in [-0.39, 0.29) is 59.2 Å². The van der Waals surface area contributed by atoms with Gasteiger partial charge in [-0.3, -0.25) is 9.80 Å². The molecule has 12 heteroatoms. The predicted octanol–water partition coefficient (Wildman–Crippen LogP) is -8.17. The summed E-state index contributed by atoms with van der Waals surface area (Å²) < 4.78 is 0. The molecule has 0 aromatic heterocycles. The van der Waals surface area contributed by atoms with Crippen molar-refractivity contribution in [3.05, 3.63) is 0 Å². The smallest absolute Gasteiger partial charge is 0.549 e. The molecule has 0 spiro atoms. The third kappa shape index (κ3) is 15.7. The third-order valence-electron chi connectivity index (χ3n) is 2.14. The molecule has 0 aliphatic carbocycles. The topological polar surface area (TPSA) is 167 Å². The quantitative estimate of drug-likeness (QED) is 0.330. The van der Waals surface area contributed by atoms with Gasteiger partial charge in [0, 0.05) is 39.3 Å². The van der Waals surface area contributed by atoms with Crippen molar-refractivity contribution in [3.63, 3.8) is 0 Å². The van der Waals surface area contributed by atoms with Crippen LogP contribution in [0, 0.1) is 0 Å². The summed E-state index contributed by atoms with van der Waals surface area (Å²) in [4.78, 5) is 43.4. The van der Waals surface area contributed by atoms with Gasteiger partial charge in [-0.15, -0.1) is 0 Å². The van der Waals surface area contributed by atoms with Crippen LogP contribution < -0.4 is 20.4 Å². The Morgan fingerprint density at radius 2 is 0.727 bits per heavy atom. The van der Waals surface area contributed by atoms with Crippen molar-refractivity contribution in [2.24, 2.45) is 0 Å². The van der Waals surface area contributed by atoms with Gasteiger partial charge in [-0.05, 0) is 0 Å². The van der Waals surface area contributed by atoms with Crippen LogP contribution in [0.1, 0.15) is 0 Å². The molecule has 0 amide bonds. The van der Waals surface area contributed by atoms with Crippen molar-refractivity contribution < 1.29 is 39.6 Å². The minimum atomic E-state index is -1.53. The summed E-state index contributed by atoms with van der Waals surface area (Å²) in [5, 5.41) is 41.6. The number of nitrogens with zero attached hydrogens (tertiary/aromatic N) is 2. The zero-order valence-corrected chi connectivity index (χ0v) is 14.6. The molecule has 0 saturated heterocycles. The predicted molar refractivity (Wildman–Crippen MR) is 64.4 cm³/mol. The van der Waals surface area contributed by atoms with Gasteiger partial charge in [0.25, 0.3) is 0 Å². The molecular weight excluding hydrogens is 325 g/mol. The van der Waals surface area contributed by atoms with E-state index >= 15 is 0 Å². The SMILES string of the molecule is O=C([O-])CN(CCN(CC(=O)[O-])CC(=O)[O-])CC(=O)[O-].[Mg+2].[Mg+2]. The number of carbonyl (C=O) groups excluding carboxylic acids is 4. The molecule has 0 rings (SSSR count). The molecule has 0 aliphatic rings. The van der Waals surface area contributed by atoms with E-state index in [2.05, 4.69) is 0 Å². The summed E-state index contributed by atoms with van der Waals surface area (Å²) in [5.74, 6) is -6.12. The van der Waals surface area contributed by atoms with Crippen LogP contribution in [0.4, 0.5) is 0 Å². The van der Waals surface area contributed by atoms with Crippen LogP contribution in [-0.2, 0) is 19.2 Å². The van der Waals surface area contributed by atoms with Gasteiger partial charge in [0.05, 0.1) is 23.9 Å². The van der Waals surface area contributed by atoms with Crippen molar-refractivity contribution >= 4 is 70.0 Å². The molecule has 0 atom stereocenters. The first-order valence-electron chi connectivity index (χ1n) is 5.44. The van der Waals surface area contributed by atoms with Crippen molar-refractivity contribution in [3.8, 4) is 0 Å². The van der Waals surface area contributed by atoms with Crippen LogP contribution in [0.25, 0.3) is 0 Å². The molecule has 0 N–H and O–H groups in total. The fourth-order valence-electron chi connectivity index (χ4n) is 1.44. The maximum absolute atomic E-state index is 10.4. The molecule has 0 bridgehead atoms. The minimum absolute atomic E-state index is 0. The van der Waals surface area contributed by atoms with Crippen LogP contribution in [0.2, 0.25) is 0 Å². The van der Waals surface area contributed by atoms with Crippen LogP contribution in [0.5, 0.6) is 0 Å². The van der Waals surface area contributed by atoms with Gasteiger partial charge in [-0.1, -0.05) is 0 Å². The van der Waals surface area contributed by atoms with Crippen molar-refractivity contribution in [1.29, 1.82) is 0 Å². The summed E-state index contributed by atoms with van der Waals surface area (Å²) in [6.45, 7) is -3.25. The normalized spacial score (nSPS) is 9.73. The molecule has 22 heavy (non-hydrogen) atoms. The molecule has 0 heterocycles. The number of carbonyl (C=O) groups is 4. The molecule has 0 aromatic rings. The Bertz CT molecular complexity index is 325. The van der Waals surface area contributed by atoms with Crippen LogP contribution in [0.3, 0.4) is 0 Å². The Balaban J connectivity index is -0.00000180. The summed E-state index contributed by atoms with van der Waals surface area (Å²) in [5.41, 5.74) is 0. The Labute approximate surface area is 158 Å². The fourth-order valence-corrected chi connectivity index (χ4v) is 1.44. The fraction of sp³-hybridized carbons (Fsp3) is 0.600. The van der Waals surface area contributed by atoms with Crippen LogP contribution in [-0.4, -0.2) is 119 Å². The molecule has 0 fully saturated rings. The van der Waals surface area contributed by atoms with Gasteiger partial charge < -0.3 is 39.6 Å². The van der Waals surface area contributed by atoms with E-state index in [1.807, 2.05) is 0 Å². The monoisotopic (exact) mass is 336 g/mol. The third-order valence-corrected chi connectivity index (χ3v) is 2.14. The number of hydrogen-bond acceptors (Lipinski definition) is 10. The van der Waals surface area contributed by atoms with E-state index in [1.54, 1.807) is 0 Å². The Morgan fingerprint density at radius 3 is 0.864 bits per heavy atom. The number of hydrogen-bond donors (Lipinski definition) is 0. The second-order valence-corrected chi connectivity index (χ2v) is 3.91. The average molecular weight is 337 g/mol. The van der Waals surface area contributed by atoms with E-state index in [0.29, 0.717) is 0 Å². The van der Waals surface area contributed by atoms with Crippen molar-refractivity contribution in [2.75, 3.05) is 39.3 Å². The van der Waals surface area contributed by atoms with Crippen LogP contribution >= 0.6 is 0 Å². The van der Waals surface area contributed by atoms with Gasteiger partial charge >= 0.3 is 46.1 Å². The molecule has 0 unspecified atom stereocenters. The Kier molecular flexibility index (Phi) is 16.6. The number of carboxylic acid groups (broad SMARTS) is 4. The molecule has 0 radical (unpaired) electrons. The number of rotatable bonds is 11. The molecule has 114 valence electrons. The molecule has 0 aliphatic heterocycles. The van der Waals surface area contributed by atoms with Crippen molar-refractivity contribution in [2.45, 2.75) is 0 Å². The molecule has 0 saturated carbocycles. The summed E-state index contributed by atoms with van der Waals surface area (Å²) in [6, 6.07) is 0. The average Bonchev–Trinajstić information content (AvgIpc) is 2.22. The van der Waals surface area contributed by atoms with Crippen LogP contribution in [0.15, 0.2) is 0 Å². The van der Waals surface area contributed by atoms with Gasteiger partial charge in [-0.25, -0.2) is 0 Å². The summed E-state index contributed by atoms with van der Waals surface area (Å²) >= 11 is 0. The van der Waals surface area contributed by atoms with E-state index in [0.717, 1.165) is 9.80 Å². The first-order chi connectivity index (χ1) is 9.20. The van der Waals surface area contributed by atoms with Gasteiger partial charge in [0.1, 0.15) is 0 Å². The maximum atomic E-state index is 10.4. The maximum Gasteiger partial charge on any atom is 2.00 e. The van der Waals surface area contributed by atoms with Gasteiger partial charge in [0.2, 0.25) is 0 Å². The first-order valence-corrected chi connectivity index (χ1v) is 5.44. The standard InChI is InChI=1S/C10H16N2O8.2Mg/c13-7(14)3-11(4-8(15)16)1-2-12(5-9(17)18)6-10(19)20;;/h1-6H2,(H,13,14)(H,15,16)(H,17,18)(H,19,20);;/q;2*+2/p-4. The van der Waals surface area contributed by atoms with Gasteiger partial charge in [0.15, 0.2) is 0 Å². The van der Waals surface area contributed by atoms with E-state index < -0.39 is 50.1 Å². The second-order valence-electron chi connectivity index (χ2n) is 3.91. The molecular formula is C10H12Mg2N2O8. The number of aliphatic carboxylic acids is 4. The van der Waals surface area contributed by atoms with Crippen molar-refractivity contribution in [1.82, 2.24) is 9.80 Å². The minimum Gasteiger partial charge on any atom is -0.549 e. The Morgan fingerprint density at radius 1 is 0.545 bits per heavy atom. The van der Waals surface area contributed by atoms with E-state index in [1.165, 1.54) is 0 Å². The summed E-state index contributed by atoms with van der Waals surface area (Å²) in [6.07, 6.45) is 0. The molecule has 0 aromatic carbocycles. The van der Waals surface area contributed by atoms with E-state index in [9.17, 15) is 39.6 Å². The van der Waals surface area contributed by atoms with E-state index in [4.69, 9.17) is 0 Å². The Hall–Kier alpha value is -0.668.